The van der Waals surface area contributed by atoms with Gasteiger partial charge in [0.2, 0.25) is 10.0 Å². The predicted molar refractivity (Wildman–Crippen MR) is 190 cm³/mol. The van der Waals surface area contributed by atoms with E-state index in [9.17, 15) is 21.6 Å². The number of aromatic nitrogens is 1. The number of ether oxygens (including phenoxy) is 1. The second kappa shape index (κ2) is 13.0. The molecule has 1 unspecified atom stereocenters. The number of thiophene rings is 1. The van der Waals surface area contributed by atoms with Crippen LogP contribution in [0.4, 0.5) is 10.5 Å². The summed E-state index contributed by atoms with van der Waals surface area (Å²) in [6.45, 7) is 7.14. The zero-order valence-corrected chi connectivity index (χ0v) is 30.4. The highest BCUT2D eigenvalue weighted by Crippen LogP contribution is 2.46. The number of para-hydroxylation sites is 1. The van der Waals surface area contributed by atoms with Crippen LogP contribution in [-0.4, -0.2) is 74.8 Å². The number of aryl methyl sites for hydroxylation is 3. The third-order valence-corrected chi connectivity index (χ3v) is 15.9. The number of carbonyl (C=O) groups is 1. The smallest absolute Gasteiger partial charge is 0.415 e. The van der Waals surface area contributed by atoms with E-state index in [1.165, 1.54) is 19.9 Å². The van der Waals surface area contributed by atoms with Gasteiger partial charge in [-0.1, -0.05) is 24.3 Å². The van der Waals surface area contributed by atoms with Gasteiger partial charge < -0.3 is 4.74 Å². The van der Waals surface area contributed by atoms with E-state index >= 15 is 0 Å². The fourth-order valence-corrected chi connectivity index (χ4v) is 12.4. The summed E-state index contributed by atoms with van der Waals surface area (Å²) in [4.78, 5) is 19.7. The van der Waals surface area contributed by atoms with Crippen LogP contribution in [0.3, 0.4) is 0 Å². The van der Waals surface area contributed by atoms with Crippen molar-refractivity contribution >= 4 is 43.2 Å². The Labute approximate surface area is 292 Å². The second-order valence-electron chi connectivity index (χ2n) is 13.3. The molecule has 258 valence electrons. The van der Waals surface area contributed by atoms with Crippen molar-refractivity contribution < 1.29 is 26.4 Å². The van der Waals surface area contributed by atoms with Crippen molar-refractivity contribution in [1.82, 2.24) is 18.1 Å². The third kappa shape index (κ3) is 5.83. The van der Waals surface area contributed by atoms with Crippen LogP contribution < -0.4 is 4.48 Å². The number of sulfonamides is 2. The van der Waals surface area contributed by atoms with E-state index < -0.39 is 20.0 Å². The van der Waals surface area contributed by atoms with Gasteiger partial charge >= 0.3 is 6.09 Å². The molecule has 0 N–H and O–H groups in total. The zero-order valence-electron chi connectivity index (χ0n) is 27.9. The Bertz CT molecular complexity index is 2100. The number of quaternary nitrogens is 1. The lowest BCUT2D eigenvalue weighted by atomic mass is 9.89. The highest BCUT2D eigenvalue weighted by atomic mass is 32.2. The average molecular weight is 722 g/mol. The Morgan fingerprint density at radius 1 is 0.755 bits per heavy atom. The molecule has 2 fully saturated rings. The Morgan fingerprint density at radius 3 is 2.06 bits per heavy atom. The fourth-order valence-electron chi connectivity index (χ4n) is 7.90. The summed E-state index contributed by atoms with van der Waals surface area (Å²) >= 11 is 1.21. The molecule has 0 bridgehead atoms. The standard InChI is InChI=1S/C36H41N4O6S3/c1-25-10-11-31(23-27(25)3)48(42,43)38-19-14-29(15-20-38)40(35-26(2)7-6-8-28(35)24-46-36(40)41)30-16-21-39(22-17-30)49(44,45)34-13-12-33(47-34)32-9-4-5-18-37-32/h4-13,18,23,29-30H,14-17,19-22,24H2,1-3H3/q+1. The van der Waals surface area contributed by atoms with Gasteiger partial charge in [-0.2, -0.15) is 17.9 Å². The first-order chi connectivity index (χ1) is 23.4. The summed E-state index contributed by atoms with van der Waals surface area (Å²) in [7, 11) is -7.47. The molecule has 0 aliphatic carbocycles. The maximum atomic E-state index is 14.3. The first-order valence-corrected chi connectivity index (χ1v) is 20.4. The molecule has 7 rings (SSSR count). The van der Waals surface area contributed by atoms with Crippen LogP contribution in [0.25, 0.3) is 10.6 Å². The Morgan fingerprint density at radius 2 is 1.43 bits per heavy atom. The summed E-state index contributed by atoms with van der Waals surface area (Å²) in [5.41, 5.74) is 5.53. The number of carbonyl (C=O) groups excluding carboxylic acids is 1. The molecular formula is C36H41N4O6S3+. The number of hydrogen-bond donors (Lipinski definition) is 0. The summed E-state index contributed by atoms with van der Waals surface area (Å²) in [6, 6.07) is 19.7. The summed E-state index contributed by atoms with van der Waals surface area (Å²) in [5, 5.41) is 0. The molecule has 10 nitrogen and oxygen atoms in total. The molecule has 1 atom stereocenters. The highest BCUT2D eigenvalue weighted by molar-refractivity contribution is 7.91. The Hall–Kier alpha value is -3.46. The number of hydrogen-bond acceptors (Lipinski definition) is 8. The largest absolute Gasteiger partial charge is 0.522 e. The van der Waals surface area contributed by atoms with E-state index in [0.717, 1.165) is 38.5 Å². The number of cyclic esters (lactones) is 1. The number of fused-ring (bicyclic) bond motifs is 1. The van der Waals surface area contributed by atoms with Crippen LogP contribution in [0.5, 0.6) is 0 Å². The number of pyridine rings is 1. The average Bonchev–Trinajstić information content (AvgIpc) is 3.62. The molecule has 2 aromatic carbocycles. The third-order valence-electron chi connectivity index (χ3n) is 10.6. The van der Waals surface area contributed by atoms with Gasteiger partial charge in [-0.25, -0.2) is 16.8 Å². The van der Waals surface area contributed by atoms with Crippen molar-refractivity contribution in [3.63, 3.8) is 0 Å². The number of nitrogens with zero attached hydrogens (tertiary/aromatic N) is 4. The zero-order chi connectivity index (χ0) is 34.6. The molecule has 1 amide bonds. The quantitative estimate of drug-likeness (QED) is 0.203. The first-order valence-electron chi connectivity index (χ1n) is 16.7. The van der Waals surface area contributed by atoms with Crippen LogP contribution >= 0.6 is 11.3 Å². The normalized spacial score (nSPS) is 21.7. The van der Waals surface area contributed by atoms with Gasteiger partial charge in [0.1, 0.15) is 22.9 Å². The number of amides is 1. The predicted octanol–water partition coefficient (Wildman–Crippen LogP) is 6.40. The molecule has 5 heterocycles. The maximum Gasteiger partial charge on any atom is 0.522 e. The van der Waals surface area contributed by atoms with E-state index in [-0.39, 0.29) is 64.6 Å². The molecule has 49 heavy (non-hydrogen) atoms. The molecule has 2 saturated heterocycles. The SMILES string of the molecule is Cc1ccc(S(=O)(=O)N2CCC([N+]3(C4CCN(S(=O)(=O)c5ccc(-c6ccccn6)s5)CC4)C(=O)OCc4cccc(C)c43)CC2)cc1C. The molecule has 3 aliphatic rings. The topological polar surface area (TPSA) is 114 Å². The van der Waals surface area contributed by atoms with Gasteiger partial charge in [-0.05, 0) is 74.4 Å². The second-order valence-corrected chi connectivity index (χ2v) is 18.5. The molecular weight excluding hydrogens is 681 g/mol. The summed E-state index contributed by atoms with van der Waals surface area (Å²) < 4.78 is 64.4. The fraction of sp³-hybridized carbons (Fsp3) is 0.389. The van der Waals surface area contributed by atoms with Gasteiger partial charge in [0.05, 0.1) is 21.0 Å². The maximum absolute atomic E-state index is 14.3. The molecule has 4 aromatic rings. The summed E-state index contributed by atoms with van der Waals surface area (Å²) in [6.07, 6.45) is 3.21. The molecule has 2 aromatic heterocycles. The van der Waals surface area contributed by atoms with E-state index in [2.05, 4.69) is 4.98 Å². The number of piperidine rings is 2. The van der Waals surface area contributed by atoms with Gasteiger partial charge in [0.15, 0.2) is 5.69 Å². The van der Waals surface area contributed by atoms with Crippen molar-refractivity contribution in [3.8, 4) is 10.6 Å². The molecule has 0 radical (unpaired) electrons. The first kappa shape index (κ1) is 34.0. The van der Waals surface area contributed by atoms with E-state index in [1.54, 1.807) is 30.5 Å². The van der Waals surface area contributed by atoms with E-state index in [1.807, 2.05) is 63.2 Å². The highest BCUT2D eigenvalue weighted by Gasteiger charge is 2.59. The van der Waals surface area contributed by atoms with Crippen LogP contribution in [0.2, 0.25) is 0 Å². The van der Waals surface area contributed by atoms with Crippen LogP contribution in [0, 0.1) is 20.8 Å². The minimum absolute atomic E-state index is 0.0315. The number of benzene rings is 2. The molecule has 3 aliphatic heterocycles. The van der Waals surface area contributed by atoms with Gasteiger partial charge in [-0.3, -0.25) is 4.98 Å². The van der Waals surface area contributed by atoms with Gasteiger partial charge in [0, 0.05) is 63.6 Å². The Balaban J connectivity index is 1.17. The minimum atomic E-state index is -3.76. The van der Waals surface area contributed by atoms with Crippen molar-refractivity contribution in [3.05, 3.63) is 95.2 Å². The van der Waals surface area contributed by atoms with E-state index in [0.29, 0.717) is 25.7 Å². The van der Waals surface area contributed by atoms with Crippen molar-refractivity contribution in [2.24, 2.45) is 0 Å². The summed E-state index contributed by atoms with van der Waals surface area (Å²) in [5.74, 6) is 0. The lowest BCUT2D eigenvalue weighted by molar-refractivity contribution is 0.0267. The van der Waals surface area contributed by atoms with Gasteiger partial charge in [0.25, 0.3) is 10.0 Å². The lowest BCUT2D eigenvalue weighted by Gasteiger charge is -2.52. The lowest BCUT2D eigenvalue weighted by Crippen LogP contribution is -2.71. The molecule has 0 saturated carbocycles. The van der Waals surface area contributed by atoms with Crippen molar-refractivity contribution in [2.45, 2.75) is 74.2 Å². The van der Waals surface area contributed by atoms with Crippen LogP contribution in [-0.2, 0) is 31.4 Å². The number of rotatable bonds is 7. The van der Waals surface area contributed by atoms with Crippen LogP contribution in [0.15, 0.2) is 82.0 Å². The van der Waals surface area contributed by atoms with Crippen LogP contribution in [0.1, 0.15) is 47.9 Å². The molecule has 13 heteroatoms. The van der Waals surface area contributed by atoms with Crippen molar-refractivity contribution in [1.29, 1.82) is 0 Å². The molecule has 0 spiro atoms. The monoisotopic (exact) mass is 721 g/mol. The van der Waals surface area contributed by atoms with Gasteiger partial charge in [-0.15, -0.1) is 11.3 Å². The van der Waals surface area contributed by atoms with E-state index in [4.69, 9.17) is 4.74 Å². The minimum Gasteiger partial charge on any atom is -0.415 e. The Kier molecular flexibility index (Phi) is 9.03. The van der Waals surface area contributed by atoms with Crippen molar-refractivity contribution in [2.75, 3.05) is 26.2 Å².